The molecule has 0 unspecified atom stereocenters. The lowest BCUT2D eigenvalue weighted by molar-refractivity contribution is 0.0941. The van der Waals surface area contributed by atoms with E-state index in [1.165, 1.54) is 23.1 Å². The molecule has 27 heavy (non-hydrogen) atoms. The molecule has 0 aliphatic carbocycles. The summed E-state index contributed by atoms with van der Waals surface area (Å²) in [7, 11) is 3.06. The normalized spacial score (nSPS) is 10.6. The second-order valence-corrected chi connectivity index (χ2v) is 6.63. The van der Waals surface area contributed by atoms with E-state index in [-0.39, 0.29) is 11.9 Å². The highest BCUT2D eigenvalue weighted by Gasteiger charge is 2.23. The standard InChI is InChI=1S/C19H21N3O4S/c1-4-5-10-26-19-20-17(16-7-6-11-27-16)22(21-19)18(23)14-9-8-13(24-2)12-15(14)25-3/h6-9,11-12H,4-5,10H2,1-3H3. The lowest BCUT2D eigenvalue weighted by atomic mass is 10.1. The van der Waals surface area contributed by atoms with Crippen LogP contribution in [0.1, 0.15) is 30.1 Å². The average molecular weight is 387 g/mol. The van der Waals surface area contributed by atoms with Gasteiger partial charge in [0, 0.05) is 6.07 Å². The van der Waals surface area contributed by atoms with Crippen LogP contribution >= 0.6 is 11.3 Å². The van der Waals surface area contributed by atoms with Gasteiger partial charge in [-0.25, -0.2) is 0 Å². The quantitative estimate of drug-likeness (QED) is 0.546. The first-order valence-corrected chi connectivity index (χ1v) is 9.46. The molecule has 7 nitrogen and oxygen atoms in total. The SMILES string of the molecule is CCCCOc1nc(-c2cccs2)n(C(=O)c2ccc(OC)cc2OC)n1. The van der Waals surface area contributed by atoms with E-state index in [0.29, 0.717) is 29.5 Å². The molecule has 0 fully saturated rings. The molecule has 3 rings (SSSR count). The van der Waals surface area contributed by atoms with Gasteiger partial charge in [-0.1, -0.05) is 19.4 Å². The number of methoxy groups -OCH3 is 2. The number of benzene rings is 1. The van der Waals surface area contributed by atoms with Crippen LogP contribution in [-0.4, -0.2) is 41.5 Å². The van der Waals surface area contributed by atoms with Crippen molar-refractivity contribution in [3.8, 4) is 28.2 Å². The number of nitrogens with zero attached hydrogens (tertiary/aromatic N) is 3. The summed E-state index contributed by atoms with van der Waals surface area (Å²) in [6.45, 7) is 2.58. The van der Waals surface area contributed by atoms with E-state index >= 15 is 0 Å². The number of hydrogen-bond donors (Lipinski definition) is 0. The maximum absolute atomic E-state index is 13.2. The van der Waals surface area contributed by atoms with Gasteiger partial charge in [0.15, 0.2) is 5.82 Å². The molecule has 0 saturated heterocycles. The summed E-state index contributed by atoms with van der Waals surface area (Å²) in [6.07, 6.45) is 1.89. The van der Waals surface area contributed by atoms with E-state index in [2.05, 4.69) is 17.0 Å². The van der Waals surface area contributed by atoms with Gasteiger partial charge in [-0.3, -0.25) is 4.79 Å². The van der Waals surface area contributed by atoms with Gasteiger partial charge < -0.3 is 14.2 Å². The Morgan fingerprint density at radius 1 is 1.22 bits per heavy atom. The van der Waals surface area contributed by atoms with Crippen LogP contribution in [0.3, 0.4) is 0 Å². The topological polar surface area (TPSA) is 75.5 Å². The van der Waals surface area contributed by atoms with Gasteiger partial charge in [-0.05, 0) is 30.0 Å². The van der Waals surface area contributed by atoms with Crippen LogP contribution in [0.25, 0.3) is 10.7 Å². The van der Waals surface area contributed by atoms with E-state index < -0.39 is 0 Å². The molecular formula is C19H21N3O4S. The first-order chi connectivity index (χ1) is 13.2. The smallest absolute Gasteiger partial charge is 0.336 e. The zero-order valence-electron chi connectivity index (χ0n) is 15.5. The third-order valence-electron chi connectivity index (χ3n) is 3.89. The Balaban J connectivity index is 2.00. The summed E-state index contributed by atoms with van der Waals surface area (Å²) in [5.74, 6) is 1.10. The summed E-state index contributed by atoms with van der Waals surface area (Å²) in [6, 6.07) is 8.99. The fourth-order valence-electron chi connectivity index (χ4n) is 2.46. The van der Waals surface area contributed by atoms with Crippen molar-refractivity contribution in [1.82, 2.24) is 14.8 Å². The third-order valence-corrected chi connectivity index (χ3v) is 4.76. The molecule has 0 radical (unpaired) electrons. The highest BCUT2D eigenvalue weighted by Crippen LogP contribution is 2.29. The Hall–Kier alpha value is -2.87. The van der Waals surface area contributed by atoms with Crippen molar-refractivity contribution in [2.24, 2.45) is 0 Å². The Morgan fingerprint density at radius 3 is 2.74 bits per heavy atom. The molecule has 3 aromatic rings. The summed E-state index contributed by atoms with van der Waals surface area (Å²) in [4.78, 5) is 18.4. The number of aromatic nitrogens is 3. The Bertz CT molecular complexity index is 906. The molecule has 0 spiro atoms. The molecule has 2 heterocycles. The zero-order chi connectivity index (χ0) is 19.2. The van der Waals surface area contributed by atoms with Crippen LogP contribution in [0.5, 0.6) is 17.5 Å². The van der Waals surface area contributed by atoms with Crippen molar-refractivity contribution in [1.29, 1.82) is 0 Å². The molecule has 0 atom stereocenters. The Morgan fingerprint density at radius 2 is 2.07 bits per heavy atom. The minimum atomic E-state index is -0.351. The molecule has 0 amide bonds. The van der Waals surface area contributed by atoms with Crippen molar-refractivity contribution in [2.45, 2.75) is 19.8 Å². The van der Waals surface area contributed by atoms with E-state index in [1.54, 1.807) is 25.3 Å². The Labute approximate surface area is 161 Å². The van der Waals surface area contributed by atoms with Crippen molar-refractivity contribution in [3.63, 3.8) is 0 Å². The summed E-state index contributed by atoms with van der Waals surface area (Å²) < 4.78 is 17.4. The second-order valence-electron chi connectivity index (χ2n) is 5.68. The van der Waals surface area contributed by atoms with Crippen molar-refractivity contribution in [2.75, 3.05) is 20.8 Å². The number of rotatable bonds is 8. The number of hydrogen-bond acceptors (Lipinski definition) is 7. The van der Waals surface area contributed by atoms with Crippen LogP contribution in [-0.2, 0) is 0 Å². The molecule has 0 N–H and O–H groups in total. The average Bonchev–Trinajstić information content (AvgIpc) is 3.36. The number of carbonyl (C=O) groups excluding carboxylic acids is 1. The van der Waals surface area contributed by atoms with Gasteiger partial charge in [0.1, 0.15) is 11.5 Å². The van der Waals surface area contributed by atoms with E-state index in [1.807, 2.05) is 17.5 Å². The first kappa shape index (κ1) is 18.9. The Kier molecular flexibility index (Phi) is 6.08. The molecule has 0 saturated carbocycles. The van der Waals surface area contributed by atoms with Crippen molar-refractivity contribution in [3.05, 3.63) is 41.3 Å². The molecule has 0 bridgehead atoms. The zero-order valence-corrected chi connectivity index (χ0v) is 16.3. The third kappa shape index (κ3) is 4.11. The molecule has 142 valence electrons. The fourth-order valence-corrected chi connectivity index (χ4v) is 3.16. The van der Waals surface area contributed by atoms with Gasteiger partial charge in [0.25, 0.3) is 5.91 Å². The summed E-state index contributed by atoms with van der Waals surface area (Å²) in [5, 5.41) is 6.21. The van der Waals surface area contributed by atoms with Crippen LogP contribution < -0.4 is 14.2 Å². The monoisotopic (exact) mass is 387 g/mol. The largest absolute Gasteiger partial charge is 0.497 e. The highest BCUT2D eigenvalue weighted by molar-refractivity contribution is 7.13. The van der Waals surface area contributed by atoms with Gasteiger partial charge in [-0.15, -0.1) is 16.4 Å². The van der Waals surface area contributed by atoms with Crippen molar-refractivity contribution >= 4 is 17.2 Å². The molecule has 0 aliphatic rings. The van der Waals surface area contributed by atoms with Crippen LogP contribution in [0.15, 0.2) is 35.7 Å². The molecular weight excluding hydrogens is 366 g/mol. The second kappa shape index (κ2) is 8.68. The van der Waals surface area contributed by atoms with Gasteiger partial charge in [0.05, 0.1) is 31.3 Å². The number of thiophene rings is 1. The summed E-state index contributed by atoms with van der Waals surface area (Å²) >= 11 is 1.48. The summed E-state index contributed by atoms with van der Waals surface area (Å²) in [5.41, 5.74) is 0.362. The molecule has 8 heteroatoms. The maximum Gasteiger partial charge on any atom is 0.336 e. The number of unbranched alkanes of at least 4 members (excludes halogenated alkanes) is 1. The van der Waals surface area contributed by atoms with E-state index in [0.717, 1.165) is 17.7 Å². The van der Waals surface area contributed by atoms with Crippen LogP contribution in [0.2, 0.25) is 0 Å². The minimum absolute atomic E-state index is 0.188. The van der Waals surface area contributed by atoms with Crippen LogP contribution in [0.4, 0.5) is 0 Å². The maximum atomic E-state index is 13.2. The lowest BCUT2D eigenvalue weighted by Crippen LogP contribution is -2.16. The van der Waals surface area contributed by atoms with Gasteiger partial charge >= 0.3 is 6.01 Å². The number of carbonyl (C=O) groups is 1. The van der Waals surface area contributed by atoms with Gasteiger partial charge in [0.2, 0.25) is 0 Å². The predicted octanol–water partition coefficient (Wildman–Crippen LogP) is 3.89. The number of ether oxygens (including phenoxy) is 3. The fraction of sp³-hybridized carbons (Fsp3) is 0.316. The first-order valence-electron chi connectivity index (χ1n) is 8.58. The molecule has 1 aromatic carbocycles. The molecule has 2 aromatic heterocycles. The lowest BCUT2D eigenvalue weighted by Gasteiger charge is -2.10. The molecule has 0 aliphatic heterocycles. The minimum Gasteiger partial charge on any atom is -0.497 e. The van der Waals surface area contributed by atoms with E-state index in [4.69, 9.17) is 14.2 Å². The highest BCUT2D eigenvalue weighted by atomic mass is 32.1. The van der Waals surface area contributed by atoms with Gasteiger partial charge in [-0.2, -0.15) is 9.67 Å². The van der Waals surface area contributed by atoms with Crippen LogP contribution in [0, 0.1) is 0 Å². The van der Waals surface area contributed by atoms with E-state index in [9.17, 15) is 4.79 Å². The predicted molar refractivity (Wildman–Crippen MR) is 103 cm³/mol. The van der Waals surface area contributed by atoms with Crippen molar-refractivity contribution < 1.29 is 19.0 Å².